The predicted octanol–water partition coefficient (Wildman–Crippen LogP) is 2.39. The second kappa shape index (κ2) is 6.27. The number of aryl methyl sites for hydroxylation is 1. The van der Waals surface area contributed by atoms with Crippen molar-refractivity contribution in [2.24, 2.45) is 0 Å². The lowest BCUT2D eigenvalue weighted by Crippen LogP contribution is -2.55. The standard InChI is InChI=1S/C19H20N2O4/c1-13-9-16(10-19(23)21(13)14-4-5-14)25-17-11-20(12-17)18(22)7-6-15-3-2-8-24-15/h2-3,6-10,14,17H,4-5,11-12H2,1H3/b7-6+. The first-order valence-corrected chi connectivity index (χ1v) is 8.50. The van der Waals surface area contributed by atoms with Crippen LogP contribution in [-0.2, 0) is 4.79 Å². The Morgan fingerprint density at radius 2 is 2.12 bits per heavy atom. The minimum absolute atomic E-state index is 0.00821. The van der Waals surface area contributed by atoms with Crippen LogP contribution >= 0.6 is 0 Å². The lowest BCUT2D eigenvalue weighted by Gasteiger charge is -2.38. The van der Waals surface area contributed by atoms with Crippen molar-refractivity contribution in [2.45, 2.75) is 31.9 Å². The molecule has 0 aromatic carbocycles. The third-order valence-electron chi connectivity index (χ3n) is 4.54. The normalized spacial score (nSPS) is 17.7. The quantitative estimate of drug-likeness (QED) is 0.784. The zero-order valence-corrected chi connectivity index (χ0v) is 14.1. The molecule has 1 saturated carbocycles. The molecular formula is C19H20N2O4. The lowest BCUT2D eigenvalue weighted by atomic mass is 10.1. The Labute approximate surface area is 145 Å². The summed E-state index contributed by atoms with van der Waals surface area (Å²) in [5.41, 5.74) is 0.921. The van der Waals surface area contributed by atoms with Crippen LogP contribution < -0.4 is 10.3 Å². The van der Waals surface area contributed by atoms with Gasteiger partial charge in [0.1, 0.15) is 17.6 Å². The lowest BCUT2D eigenvalue weighted by molar-refractivity contribution is -0.134. The highest BCUT2D eigenvalue weighted by Gasteiger charge is 2.32. The van der Waals surface area contributed by atoms with Gasteiger partial charge in [-0.25, -0.2) is 0 Å². The second-order valence-electron chi connectivity index (χ2n) is 6.60. The third-order valence-corrected chi connectivity index (χ3v) is 4.54. The van der Waals surface area contributed by atoms with Gasteiger partial charge in [-0.05, 0) is 44.0 Å². The van der Waals surface area contributed by atoms with E-state index in [-0.39, 0.29) is 17.6 Å². The number of hydrogen-bond donors (Lipinski definition) is 0. The van der Waals surface area contributed by atoms with Gasteiger partial charge < -0.3 is 18.6 Å². The fourth-order valence-electron chi connectivity index (χ4n) is 3.08. The zero-order valence-electron chi connectivity index (χ0n) is 14.1. The molecule has 0 atom stereocenters. The number of carbonyl (C=O) groups is 1. The largest absolute Gasteiger partial charge is 0.486 e. The van der Waals surface area contributed by atoms with E-state index in [4.69, 9.17) is 9.15 Å². The molecule has 1 aliphatic carbocycles. The fraction of sp³-hybridized carbons (Fsp3) is 0.368. The van der Waals surface area contributed by atoms with Gasteiger partial charge >= 0.3 is 0 Å². The van der Waals surface area contributed by atoms with E-state index in [0.717, 1.165) is 18.5 Å². The maximum Gasteiger partial charge on any atom is 0.254 e. The molecule has 0 radical (unpaired) electrons. The molecule has 4 rings (SSSR count). The molecule has 25 heavy (non-hydrogen) atoms. The topological polar surface area (TPSA) is 64.7 Å². The van der Waals surface area contributed by atoms with E-state index in [1.54, 1.807) is 35.4 Å². The first-order chi connectivity index (χ1) is 12.1. The molecule has 1 amide bonds. The SMILES string of the molecule is Cc1cc(OC2CN(C(=O)/C=C/c3ccco3)C2)cc(=O)n1C1CC1. The van der Waals surface area contributed by atoms with Crippen LogP contribution in [-0.4, -0.2) is 34.6 Å². The van der Waals surface area contributed by atoms with Crippen molar-refractivity contribution in [1.82, 2.24) is 9.47 Å². The number of furan rings is 1. The van der Waals surface area contributed by atoms with E-state index in [9.17, 15) is 9.59 Å². The summed E-state index contributed by atoms with van der Waals surface area (Å²) in [6, 6.07) is 7.38. The number of ether oxygens (including phenoxy) is 1. The van der Waals surface area contributed by atoms with E-state index in [1.807, 2.05) is 17.6 Å². The number of nitrogens with zero attached hydrogens (tertiary/aromatic N) is 2. The van der Waals surface area contributed by atoms with Crippen LogP contribution in [0.1, 0.15) is 30.3 Å². The van der Waals surface area contributed by atoms with Crippen molar-refractivity contribution in [3.8, 4) is 5.75 Å². The molecule has 2 fully saturated rings. The summed E-state index contributed by atoms with van der Waals surface area (Å²) in [4.78, 5) is 25.9. The van der Waals surface area contributed by atoms with Crippen LogP contribution in [0, 0.1) is 6.92 Å². The molecule has 0 N–H and O–H groups in total. The highest BCUT2D eigenvalue weighted by molar-refractivity contribution is 5.92. The first kappa shape index (κ1) is 15.7. The van der Waals surface area contributed by atoms with Crippen LogP contribution in [0.15, 0.2) is 45.8 Å². The second-order valence-corrected chi connectivity index (χ2v) is 6.60. The van der Waals surface area contributed by atoms with Gasteiger partial charge in [0.2, 0.25) is 5.91 Å². The monoisotopic (exact) mass is 340 g/mol. The smallest absolute Gasteiger partial charge is 0.254 e. The van der Waals surface area contributed by atoms with Crippen LogP contribution in [0.4, 0.5) is 0 Å². The van der Waals surface area contributed by atoms with E-state index < -0.39 is 0 Å². The highest BCUT2D eigenvalue weighted by Crippen LogP contribution is 2.35. The Balaban J connectivity index is 1.32. The van der Waals surface area contributed by atoms with E-state index in [0.29, 0.717) is 30.6 Å². The minimum Gasteiger partial charge on any atom is -0.486 e. The number of rotatable bonds is 5. The Morgan fingerprint density at radius 3 is 2.76 bits per heavy atom. The molecule has 0 unspecified atom stereocenters. The maximum absolute atomic E-state index is 12.2. The molecule has 130 valence electrons. The summed E-state index contributed by atoms with van der Waals surface area (Å²) in [5.74, 6) is 1.16. The molecule has 2 aromatic heterocycles. The molecule has 1 aliphatic heterocycles. The average molecular weight is 340 g/mol. The first-order valence-electron chi connectivity index (χ1n) is 8.50. The van der Waals surface area contributed by atoms with Gasteiger partial charge in [0.05, 0.1) is 19.4 Å². The molecule has 6 heteroatoms. The van der Waals surface area contributed by atoms with E-state index in [1.165, 1.54) is 6.08 Å². The Morgan fingerprint density at radius 1 is 1.32 bits per heavy atom. The van der Waals surface area contributed by atoms with Crippen molar-refractivity contribution in [3.05, 3.63) is 58.4 Å². The van der Waals surface area contributed by atoms with Crippen molar-refractivity contribution < 1.29 is 13.9 Å². The number of carbonyl (C=O) groups excluding carboxylic acids is 1. The maximum atomic E-state index is 12.2. The van der Waals surface area contributed by atoms with Crippen molar-refractivity contribution in [3.63, 3.8) is 0 Å². The molecular weight excluding hydrogens is 320 g/mol. The molecule has 6 nitrogen and oxygen atoms in total. The molecule has 0 bridgehead atoms. The number of amides is 1. The van der Waals surface area contributed by atoms with Crippen LogP contribution in [0.3, 0.4) is 0 Å². The van der Waals surface area contributed by atoms with Crippen LogP contribution in [0.5, 0.6) is 5.75 Å². The van der Waals surface area contributed by atoms with Crippen molar-refractivity contribution in [2.75, 3.05) is 13.1 Å². The van der Waals surface area contributed by atoms with Crippen LogP contribution in [0.25, 0.3) is 6.08 Å². The van der Waals surface area contributed by atoms with Gasteiger partial charge in [-0.2, -0.15) is 0 Å². The Bertz CT molecular complexity index is 856. The third kappa shape index (κ3) is 3.38. The van der Waals surface area contributed by atoms with Crippen LogP contribution in [0.2, 0.25) is 0 Å². The molecule has 1 saturated heterocycles. The zero-order chi connectivity index (χ0) is 17.4. The number of hydrogen-bond acceptors (Lipinski definition) is 4. The Kier molecular flexibility index (Phi) is 3.95. The van der Waals surface area contributed by atoms with Gasteiger partial charge in [-0.15, -0.1) is 0 Å². The number of likely N-dealkylation sites (tertiary alicyclic amines) is 1. The molecule has 2 aliphatic rings. The fourth-order valence-corrected chi connectivity index (χ4v) is 3.08. The van der Waals surface area contributed by atoms with Crippen molar-refractivity contribution >= 4 is 12.0 Å². The molecule has 3 heterocycles. The van der Waals surface area contributed by atoms with Gasteiger partial charge in [0.25, 0.3) is 5.56 Å². The summed E-state index contributed by atoms with van der Waals surface area (Å²) in [5, 5.41) is 0. The predicted molar refractivity (Wildman–Crippen MR) is 92.4 cm³/mol. The van der Waals surface area contributed by atoms with E-state index in [2.05, 4.69) is 0 Å². The van der Waals surface area contributed by atoms with Gasteiger partial charge in [-0.1, -0.05) is 0 Å². The highest BCUT2D eigenvalue weighted by atomic mass is 16.5. The number of aromatic nitrogens is 1. The Hall–Kier alpha value is -2.76. The van der Waals surface area contributed by atoms with Gasteiger partial charge in [0.15, 0.2) is 0 Å². The summed E-state index contributed by atoms with van der Waals surface area (Å²) >= 11 is 0. The van der Waals surface area contributed by atoms with Gasteiger partial charge in [-0.3, -0.25) is 9.59 Å². The number of pyridine rings is 1. The molecule has 0 spiro atoms. The van der Waals surface area contributed by atoms with Crippen molar-refractivity contribution in [1.29, 1.82) is 0 Å². The van der Waals surface area contributed by atoms with Gasteiger partial charge in [0, 0.05) is 23.9 Å². The summed E-state index contributed by atoms with van der Waals surface area (Å²) in [7, 11) is 0. The summed E-state index contributed by atoms with van der Waals surface area (Å²) < 4.78 is 12.8. The summed E-state index contributed by atoms with van der Waals surface area (Å²) in [6.07, 6.45) is 6.79. The summed E-state index contributed by atoms with van der Waals surface area (Å²) in [6.45, 7) is 2.97. The average Bonchev–Trinajstić information content (AvgIpc) is 3.21. The van der Waals surface area contributed by atoms with E-state index >= 15 is 0 Å². The molecule has 2 aromatic rings. The minimum atomic E-state index is -0.0727.